The quantitative estimate of drug-likeness (QED) is 0.155. The summed E-state index contributed by atoms with van der Waals surface area (Å²) in [6.07, 6.45) is 0. The molecule has 0 N–H and O–H groups in total. The minimum Gasteiger partial charge on any atom is -0.310 e. The van der Waals surface area contributed by atoms with Crippen molar-refractivity contribution in [3.05, 3.63) is 416 Å². The average molecular weight is 1760 g/mol. The van der Waals surface area contributed by atoms with E-state index in [4.69, 9.17) is 5.48 Å². The highest BCUT2D eigenvalue weighted by molar-refractivity contribution is 7.25. The molecular formula is C126H93BN6S. The maximum absolute atomic E-state index is 11.0. The van der Waals surface area contributed by atoms with Crippen molar-refractivity contribution in [2.24, 2.45) is 0 Å². The highest BCUT2D eigenvalue weighted by Gasteiger charge is 2.47. The molecule has 13 bridgehead atoms. The topological polar surface area (TPSA) is 26.2 Å². The Labute approximate surface area is 825 Å². The minimum atomic E-state index is -1.04. The van der Waals surface area contributed by atoms with Crippen LogP contribution in [0.15, 0.2) is 400 Å². The molecule has 24 aromatic rings. The van der Waals surface area contributed by atoms with Gasteiger partial charge >= 0.3 is 0 Å². The molecule has 636 valence electrons. The second-order valence-electron chi connectivity index (χ2n) is 38.1. The fourth-order valence-electron chi connectivity index (χ4n) is 20.8. The summed E-state index contributed by atoms with van der Waals surface area (Å²) < 4.78 is 302. The Bertz CT molecular complexity index is 10400. The van der Waals surface area contributed by atoms with Crippen LogP contribution in [0.25, 0.3) is 197 Å². The van der Waals surface area contributed by atoms with Crippen molar-refractivity contribution in [3.8, 4) is 89.5 Å². The van der Waals surface area contributed by atoms with Crippen LogP contribution in [0.5, 0.6) is 0 Å². The third-order valence-electron chi connectivity index (χ3n) is 27.3. The molecule has 19 aromatic carbocycles. The SMILES string of the molecule is [2H]c1c([2H])c([2H])c2c(c1[2H])c1c([2H])c(-n3c4c([2H])c([2H])c([2H])c([2H])c4c4c([2H])c([2H])c([2H])c([2H])c43)c([2H])c([2H])c1n2-c1ccc2c(c1)N1c3cc(C(C)(C)C)cc4c3B2c2ccc(-n3c5c([2H])c([2H])c([2H])c([2H])c5c5c([2H])c(-n6c7c([2H])c([2H])c([2H])c([2H])c7c7c([2H])c([2H])c([2H])c([2H])c76)c([2H])c([2H])c53)cc2N4c2c(-c3ccccc3)cc(C(C)(C)C)cc2-c2cccc(c2)-c2ccc3sc4ccc(cc4c3c2)-c2cccc(c2)-c2cc(C(C)(C)C)cc(-c3ccccc3)c21. The average Bonchev–Trinajstić information content (AvgIpc) is 1.17. The van der Waals surface area contributed by atoms with Crippen molar-refractivity contribution in [3.63, 3.8) is 0 Å². The fraction of sp³-hybridized carbons (Fsp3) is 0.0952. The number of anilines is 6. The van der Waals surface area contributed by atoms with E-state index in [2.05, 4.69) is 218 Å². The molecule has 0 aliphatic carbocycles. The number of aromatic nitrogens is 4. The Morgan fingerprint density at radius 3 is 0.910 bits per heavy atom. The second-order valence-corrected chi connectivity index (χ2v) is 39.2. The zero-order chi connectivity index (χ0) is 116. The molecule has 0 saturated carbocycles. The lowest BCUT2D eigenvalue weighted by Gasteiger charge is -2.47. The summed E-state index contributed by atoms with van der Waals surface area (Å²) in [7, 11) is 0. The van der Waals surface area contributed by atoms with Gasteiger partial charge in [-0.3, -0.25) is 0 Å². The molecule has 0 amide bonds. The Kier molecular flexibility index (Phi) is 11.5. The molecule has 0 fully saturated rings. The van der Waals surface area contributed by atoms with E-state index < -0.39 is 238 Å². The zero-order valence-electron chi connectivity index (χ0n) is 104. The Morgan fingerprint density at radius 2 is 0.545 bits per heavy atom. The number of hydrogen-bond donors (Lipinski definition) is 0. The van der Waals surface area contributed by atoms with E-state index >= 15 is 0 Å². The molecule has 0 radical (unpaired) electrons. The van der Waals surface area contributed by atoms with E-state index in [0.717, 1.165) is 113 Å². The molecule has 6 nitrogen and oxygen atoms in total. The van der Waals surface area contributed by atoms with Crippen LogP contribution in [-0.2, 0) is 16.2 Å². The number of rotatable bonds is 6. The first-order valence-corrected chi connectivity index (χ1v) is 45.5. The number of thiophene rings is 1. The van der Waals surface area contributed by atoms with Crippen LogP contribution in [0.1, 0.15) is 120 Å². The van der Waals surface area contributed by atoms with Crippen LogP contribution in [-0.4, -0.2) is 25.0 Å². The maximum atomic E-state index is 11.0. The number of para-hydroxylation sites is 6. The van der Waals surface area contributed by atoms with Gasteiger partial charge in [0.25, 0.3) is 6.71 Å². The molecule has 134 heavy (non-hydrogen) atoms. The lowest BCUT2D eigenvalue weighted by molar-refractivity contribution is 0.590. The standard InChI is InChI=1S/C126H93BN6S/c1-124(2,3)84-66-97(76-30-12-10-13-31-76)122-99(68-84)82-36-28-34-78(62-82)80-50-60-119-103(64-80)104-65-81(51-61-120(104)134-119)79-35-29-37-83(63-79)100-69-85(125(4,5)6)67-98(77-32-14-11-15-33-77)123(100)133-116-75-90(131-112-49-27-21-43-96(112)102-73-88(55-59-114(102)131)129-109-46-24-18-40-93(109)94-41-19-25-47-110(94)129)53-57-106(116)127-105-56-52-89(74-115(105)132(122)117-70-86(126(7,8)9)71-118(133)121(117)127)130-111-48-26-20-42-95(111)101-72-87(54-58-113(101)130)128-107-44-22-16-38-91(107)92-39-17-23-45-108(92)128/h10-75H,1-9H3/i16D,17D,18D,19D,20D,21D,22D,23D,24D,25D,26D,27D,38D,39D,40D,41D,42D,43D,44D,45D,46D,47D,48D,49D,54D,55D,58D,59D,72D,73D. The molecule has 5 aromatic heterocycles. The predicted octanol–water partition coefficient (Wildman–Crippen LogP) is 32.7. The first-order chi connectivity index (χ1) is 77.8. The van der Waals surface area contributed by atoms with Crippen molar-refractivity contribution >= 4 is 176 Å². The smallest absolute Gasteiger partial charge is 0.252 e. The summed E-state index contributed by atoms with van der Waals surface area (Å²) in [4.78, 5) is 4.53. The van der Waals surface area contributed by atoms with Gasteiger partial charge in [-0.15, -0.1) is 11.3 Å². The minimum absolute atomic E-state index is 0.0947. The first kappa shape index (κ1) is 53.6. The third-order valence-corrected chi connectivity index (χ3v) is 28.4. The summed E-state index contributed by atoms with van der Waals surface area (Å²) in [5.74, 6) is 0. The van der Waals surface area contributed by atoms with Crippen molar-refractivity contribution in [2.45, 2.75) is 78.6 Å². The van der Waals surface area contributed by atoms with Crippen LogP contribution in [0.2, 0.25) is 0 Å². The normalized spacial score (nSPS) is 16.2. The molecule has 3 aliphatic heterocycles. The van der Waals surface area contributed by atoms with Gasteiger partial charge in [0.1, 0.15) is 0 Å². The van der Waals surface area contributed by atoms with E-state index in [1.807, 2.05) is 60.7 Å². The van der Waals surface area contributed by atoms with E-state index in [1.54, 1.807) is 23.5 Å². The number of hydrogen-bond acceptors (Lipinski definition) is 3. The van der Waals surface area contributed by atoms with Crippen LogP contribution in [0, 0.1) is 0 Å². The van der Waals surface area contributed by atoms with Gasteiger partial charge in [0.15, 0.2) is 0 Å². The molecule has 27 rings (SSSR count). The largest absolute Gasteiger partial charge is 0.310 e. The van der Waals surface area contributed by atoms with Crippen LogP contribution in [0.3, 0.4) is 0 Å². The summed E-state index contributed by atoms with van der Waals surface area (Å²) >= 11 is 1.69. The number of benzene rings is 19. The second kappa shape index (κ2) is 28.9. The van der Waals surface area contributed by atoms with Gasteiger partial charge in [0, 0.05) is 131 Å². The van der Waals surface area contributed by atoms with Gasteiger partial charge in [0.2, 0.25) is 0 Å². The summed E-state index contributed by atoms with van der Waals surface area (Å²) in [5, 5.41) is -0.885. The first-order valence-electron chi connectivity index (χ1n) is 59.7. The highest BCUT2D eigenvalue weighted by atomic mass is 32.1. The van der Waals surface area contributed by atoms with Crippen LogP contribution < -0.4 is 26.2 Å². The molecule has 0 saturated heterocycles. The van der Waals surface area contributed by atoms with Gasteiger partial charge in [-0.05, 0) is 263 Å². The van der Waals surface area contributed by atoms with Crippen molar-refractivity contribution in [2.75, 3.05) is 9.80 Å². The fourth-order valence-corrected chi connectivity index (χ4v) is 21.9. The van der Waals surface area contributed by atoms with Crippen molar-refractivity contribution < 1.29 is 41.1 Å². The molecule has 0 atom stereocenters. The van der Waals surface area contributed by atoms with Gasteiger partial charge in [0.05, 0.1) is 96.6 Å². The van der Waals surface area contributed by atoms with Gasteiger partial charge in [-0.1, -0.05) is 292 Å². The summed E-state index contributed by atoms with van der Waals surface area (Å²) in [6, 6.07) is 52.2. The number of nitrogens with zero attached hydrogens (tertiary/aromatic N) is 6. The van der Waals surface area contributed by atoms with Gasteiger partial charge in [-0.2, -0.15) is 0 Å². The zero-order valence-corrected chi connectivity index (χ0v) is 74.8. The molecule has 8 heterocycles. The van der Waals surface area contributed by atoms with E-state index in [1.165, 1.54) is 9.13 Å². The molecular weight excluding hydrogens is 1640 g/mol. The van der Waals surface area contributed by atoms with Crippen LogP contribution >= 0.6 is 11.3 Å². The lowest BCUT2D eigenvalue weighted by Crippen LogP contribution is -2.61. The van der Waals surface area contributed by atoms with E-state index in [0.29, 0.717) is 50.5 Å². The van der Waals surface area contributed by atoms with Gasteiger partial charge < -0.3 is 28.1 Å². The van der Waals surface area contributed by atoms with Crippen molar-refractivity contribution in [1.82, 2.24) is 18.3 Å². The summed E-state index contributed by atoms with van der Waals surface area (Å²) in [5.41, 5.74) is 11.0. The molecule has 8 heteroatoms. The summed E-state index contributed by atoms with van der Waals surface area (Å²) in [6.45, 7) is 18.3. The number of fused-ring (bicyclic) bond motifs is 32. The lowest BCUT2D eigenvalue weighted by atomic mass is 9.33. The van der Waals surface area contributed by atoms with Crippen LogP contribution in [0.4, 0.5) is 34.1 Å². The Balaban J connectivity index is 0.845. The Hall–Kier alpha value is -15.7. The van der Waals surface area contributed by atoms with E-state index in [-0.39, 0.29) is 76.5 Å². The molecule has 0 unspecified atom stereocenters. The van der Waals surface area contributed by atoms with E-state index in [9.17, 15) is 35.6 Å². The maximum Gasteiger partial charge on any atom is 0.252 e. The monoisotopic (exact) mass is 1760 g/mol. The highest BCUT2D eigenvalue weighted by Crippen LogP contribution is 2.57. The Morgan fingerprint density at radius 1 is 0.239 bits per heavy atom. The van der Waals surface area contributed by atoms with Gasteiger partial charge in [-0.25, -0.2) is 0 Å². The predicted molar refractivity (Wildman–Crippen MR) is 573 cm³/mol. The van der Waals surface area contributed by atoms with Crippen molar-refractivity contribution in [1.29, 1.82) is 0 Å². The molecule has 0 spiro atoms. The molecule has 3 aliphatic rings. The third kappa shape index (κ3) is 11.8.